The molecule has 0 bridgehead atoms. The van der Waals surface area contributed by atoms with Crippen LogP contribution >= 0.6 is 0 Å². The number of hydrogen-bond donors (Lipinski definition) is 1. The van der Waals surface area contributed by atoms with Crippen LogP contribution in [0.15, 0.2) is 18.2 Å². The highest BCUT2D eigenvalue weighted by Gasteiger charge is 2.02. The summed E-state index contributed by atoms with van der Waals surface area (Å²) in [7, 11) is 0. The van der Waals surface area contributed by atoms with Gasteiger partial charge < -0.3 is 9.84 Å². The molecule has 0 unspecified atom stereocenters. The predicted octanol–water partition coefficient (Wildman–Crippen LogP) is 1.19. The first-order chi connectivity index (χ1) is 6.11. The van der Waals surface area contributed by atoms with E-state index in [1.54, 1.807) is 0 Å². The van der Waals surface area contributed by atoms with Gasteiger partial charge in [-0.1, -0.05) is 0 Å². The Hall–Kier alpha value is -2.02. The van der Waals surface area contributed by atoms with E-state index in [1.165, 1.54) is 25.1 Å². The van der Waals surface area contributed by atoms with Crippen LogP contribution in [-0.2, 0) is 4.79 Å². The van der Waals surface area contributed by atoms with Gasteiger partial charge in [-0.25, -0.2) is 0 Å². The fourth-order valence-electron chi connectivity index (χ4n) is 0.873. The Labute approximate surface area is 75.0 Å². The van der Waals surface area contributed by atoms with Gasteiger partial charge in [-0.05, 0) is 12.1 Å². The number of phenols is 1. The van der Waals surface area contributed by atoms with Gasteiger partial charge in [0, 0.05) is 13.0 Å². The van der Waals surface area contributed by atoms with Crippen LogP contribution in [0.2, 0.25) is 0 Å². The average molecular weight is 177 g/mol. The molecule has 0 aliphatic rings. The molecule has 4 heteroatoms. The Morgan fingerprint density at radius 2 is 2.23 bits per heavy atom. The molecule has 0 aliphatic heterocycles. The molecule has 0 amide bonds. The normalized spacial score (nSPS) is 8.92. The number of esters is 1. The van der Waals surface area contributed by atoms with Gasteiger partial charge in [0.25, 0.3) is 0 Å². The van der Waals surface area contributed by atoms with Gasteiger partial charge in [-0.3, -0.25) is 4.79 Å². The fraction of sp³-hybridized carbons (Fsp3) is 0.111. The topological polar surface area (TPSA) is 70.3 Å². The SMILES string of the molecule is CC(=O)Oc1cc(O)cc(C#N)c1. The van der Waals surface area contributed by atoms with Crippen LogP contribution < -0.4 is 4.74 Å². The van der Waals surface area contributed by atoms with Gasteiger partial charge in [-0.2, -0.15) is 5.26 Å². The standard InChI is InChI=1S/C9H7NO3/c1-6(11)13-9-3-7(5-10)2-8(12)4-9/h2-4,12H,1H3. The van der Waals surface area contributed by atoms with Crippen molar-refractivity contribution in [2.75, 3.05) is 0 Å². The van der Waals surface area contributed by atoms with Gasteiger partial charge in [0.1, 0.15) is 11.5 Å². The van der Waals surface area contributed by atoms with E-state index in [0.29, 0.717) is 0 Å². The molecule has 0 saturated carbocycles. The predicted molar refractivity (Wildman–Crippen MR) is 44.1 cm³/mol. The molecule has 1 N–H and O–H groups in total. The summed E-state index contributed by atoms with van der Waals surface area (Å²) in [5.74, 6) is -0.422. The van der Waals surface area contributed by atoms with Crippen molar-refractivity contribution < 1.29 is 14.6 Å². The molecular weight excluding hydrogens is 170 g/mol. The number of nitriles is 1. The number of carbonyl (C=O) groups excluding carboxylic acids is 1. The van der Waals surface area contributed by atoms with E-state index in [0.717, 1.165) is 0 Å². The lowest BCUT2D eigenvalue weighted by Crippen LogP contribution is -2.01. The number of benzene rings is 1. The van der Waals surface area contributed by atoms with Crippen LogP contribution in [0.1, 0.15) is 12.5 Å². The maximum atomic E-state index is 10.5. The highest BCUT2D eigenvalue weighted by molar-refractivity contribution is 5.69. The van der Waals surface area contributed by atoms with E-state index in [2.05, 4.69) is 4.74 Å². The largest absolute Gasteiger partial charge is 0.508 e. The van der Waals surface area contributed by atoms with E-state index in [-0.39, 0.29) is 17.1 Å². The summed E-state index contributed by atoms with van der Waals surface area (Å²) < 4.78 is 4.69. The molecule has 13 heavy (non-hydrogen) atoms. The van der Waals surface area contributed by atoms with Crippen LogP contribution in [0.3, 0.4) is 0 Å². The lowest BCUT2D eigenvalue weighted by Gasteiger charge is -2.01. The molecule has 1 aromatic carbocycles. The molecule has 1 rings (SSSR count). The second-order valence-electron chi connectivity index (χ2n) is 2.42. The van der Waals surface area contributed by atoms with Crippen molar-refractivity contribution >= 4 is 5.97 Å². The number of nitrogens with zero attached hydrogens (tertiary/aromatic N) is 1. The molecule has 0 fully saturated rings. The average Bonchev–Trinajstić information content (AvgIpc) is 2.01. The highest BCUT2D eigenvalue weighted by Crippen LogP contribution is 2.21. The Bertz CT molecular complexity index is 379. The van der Waals surface area contributed by atoms with Gasteiger partial charge in [0.2, 0.25) is 0 Å². The first-order valence-electron chi connectivity index (χ1n) is 3.54. The molecule has 0 aliphatic carbocycles. The van der Waals surface area contributed by atoms with Crippen LogP contribution in [0.4, 0.5) is 0 Å². The van der Waals surface area contributed by atoms with E-state index in [1.807, 2.05) is 6.07 Å². The number of aromatic hydroxyl groups is 1. The number of ether oxygens (including phenoxy) is 1. The zero-order valence-corrected chi connectivity index (χ0v) is 6.94. The van der Waals surface area contributed by atoms with Crippen molar-refractivity contribution in [1.82, 2.24) is 0 Å². The molecule has 0 heterocycles. The molecule has 66 valence electrons. The molecule has 0 aromatic heterocycles. The van der Waals surface area contributed by atoms with Crippen molar-refractivity contribution in [1.29, 1.82) is 5.26 Å². The van der Waals surface area contributed by atoms with Crippen molar-refractivity contribution in [3.05, 3.63) is 23.8 Å². The fourth-order valence-corrected chi connectivity index (χ4v) is 0.873. The molecule has 0 spiro atoms. The lowest BCUT2D eigenvalue weighted by molar-refractivity contribution is -0.131. The maximum absolute atomic E-state index is 10.5. The zero-order chi connectivity index (χ0) is 9.84. The summed E-state index contributed by atoms with van der Waals surface area (Å²) in [5.41, 5.74) is 0.247. The minimum Gasteiger partial charge on any atom is -0.508 e. The first-order valence-corrected chi connectivity index (χ1v) is 3.54. The van der Waals surface area contributed by atoms with Gasteiger partial charge in [0.15, 0.2) is 0 Å². The van der Waals surface area contributed by atoms with E-state index in [9.17, 15) is 4.79 Å². The molecule has 1 aromatic rings. The quantitative estimate of drug-likeness (QED) is 0.516. The van der Waals surface area contributed by atoms with E-state index in [4.69, 9.17) is 10.4 Å². The molecular formula is C9H7NO3. The Morgan fingerprint density at radius 3 is 2.77 bits per heavy atom. The Balaban J connectivity index is 3.03. The minimum atomic E-state index is -0.491. The lowest BCUT2D eigenvalue weighted by atomic mass is 10.2. The molecule has 0 radical (unpaired) electrons. The zero-order valence-electron chi connectivity index (χ0n) is 6.94. The number of carbonyl (C=O) groups is 1. The number of phenolic OH excluding ortho intramolecular Hbond substituents is 1. The summed E-state index contributed by atoms with van der Waals surface area (Å²) in [4.78, 5) is 10.5. The Kier molecular flexibility index (Phi) is 2.50. The first kappa shape index (κ1) is 9.07. The van der Waals surface area contributed by atoms with Crippen LogP contribution in [0.25, 0.3) is 0 Å². The molecule has 0 atom stereocenters. The molecule has 0 saturated heterocycles. The number of rotatable bonds is 1. The summed E-state index contributed by atoms with van der Waals surface area (Å²) in [5, 5.41) is 17.6. The summed E-state index contributed by atoms with van der Waals surface area (Å²) >= 11 is 0. The van der Waals surface area contributed by atoms with E-state index < -0.39 is 5.97 Å². The molecule has 4 nitrogen and oxygen atoms in total. The van der Waals surface area contributed by atoms with Gasteiger partial charge in [0.05, 0.1) is 11.6 Å². The van der Waals surface area contributed by atoms with Crippen molar-refractivity contribution in [2.24, 2.45) is 0 Å². The van der Waals surface area contributed by atoms with Crippen molar-refractivity contribution in [3.63, 3.8) is 0 Å². The van der Waals surface area contributed by atoms with Crippen molar-refractivity contribution in [3.8, 4) is 17.6 Å². The van der Waals surface area contributed by atoms with Crippen LogP contribution in [-0.4, -0.2) is 11.1 Å². The van der Waals surface area contributed by atoms with E-state index >= 15 is 0 Å². The summed E-state index contributed by atoms with van der Waals surface area (Å²) in [6.07, 6.45) is 0. The van der Waals surface area contributed by atoms with Gasteiger partial charge >= 0.3 is 5.97 Å². The van der Waals surface area contributed by atoms with Gasteiger partial charge in [-0.15, -0.1) is 0 Å². The number of hydrogen-bond acceptors (Lipinski definition) is 4. The third-order valence-electron chi connectivity index (χ3n) is 1.28. The smallest absolute Gasteiger partial charge is 0.308 e. The monoisotopic (exact) mass is 177 g/mol. The third-order valence-corrected chi connectivity index (χ3v) is 1.28. The van der Waals surface area contributed by atoms with Crippen LogP contribution in [0, 0.1) is 11.3 Å². The summed E-state index contributed by atoms with van der Waals surface area (Å²) in [6.45, 7) is 1.25. The Morgan fingerprint density at radius 1 is 1.54 bits per heavy atom. The van der Waals surface area contributed by atoms with Crippen LogP contribution in [0.5, 0.6) is 11.5 Å². The highest BCUT2D eigenvalue weighted by atomic mass is 16.5. The maximum Gasteiger partial charge on any atom is 0.308 e. The minimum absolute atomic E-state index is 0.102. The summed E-state index contributed by atoms with van der Waals surface area (Å²) in [6, 6.07) is 5.76. The second-order valence-corrected chi connectivity index (χ2v) is 2.42. The second kappa shape index (κ2) is 3.59. The van der Waals surface area contributed by atoms with Crippen molar-refractivity contribution in [2.45, 2.75) is 6.92 Å². The third kappa shape index (κ3) is 2.49.